The molecule has 0 atom stereocenters. The van der Waals surface area contributed by atoms with E-state index in [9.17, 15) is 4.79 Å². The van der Waals surface area contributed by atoms with Gasteiger partial charge in [-0.2, -0.15) is 0 Å². The van der Waals surface area contributed by atoms with Crippen LogP contribution < -0.4 is 15.8 Å². The minimum absolute atomic E-state index is 0.184. The van der Waals surface area contributed by atoms with Crippen molar-refractivity contribution >= 4 is 55.0 Å². The molecule has 4 aromatic rings. The Morgan fingerprint density at radius 1 is 1.07 bits per heavy atom. The van der Waals surface area contributed by atoms with Gasteiger partial charge >= 0.3 is 0 Å². The molecule has 140 valence electrons. The highest BCUT2D eigenvalue weighted by atomic mass is 79.9. The van der Waals surface area contributed by atoms with Gasteiger partial charge in [0.25, 0.3) is 5.91 Å². The number of ether oxygens (including phenoxy) is 1. The monoisotopic (exact) mass is 435 g/mol. The fourth-order valence-electron chi connectivity index (χ4n) is 3.12. The molecule has 0 saturated carbocycles. The van der Waals surface area contributed by atoms with Gasteiger partial charge in [-0.25, -0.2) is 4.98 Å². The number of amides is 1. The molecule has 5 nitrogen and oxygen atoms in total. The van der Waals surface area contributed by atoms with Crippen LogP contribution in [0.2, 0.25) is 0 Å². The molecule has 0 spiro atoms. The molecular formula is C22H18BrN3O2. The predicted molar refractivity (Wildman–Crippen MR) is 117 cm³/mol. The summed E-state index contributed by atoms with van der Waals surface area (Å²) in [6.07, 6.45) is 0. The van der Waals surface area contributed by atoms with Crippen LogP contribution in [-0.2, 0) is 0 Å². The van der Waals surface area contributed by atoms with Crippen molar-refractivity contribution in [2.24, 2.45) is 0 Å². The second-order valence-corrected chi connectivity index (χ2v) is 7.25. The number of anilines is 2. The Balaban J connectivity index is 1.71. The number of benzene rings is 3. The lowest BCUT2D eigenvalue weighted by atomic mass is 10.1. The maximum Gasteiger partial charge on any atom is 0.255 e. The summed E-state index contributed by atoms with van der Waals surface area (Å²) in [6, 6.07) is 18.4. The van der Waals surface area contributed by atoms with Gasteiger partial charge in [-0.15, -0.1) is 0 Å². The summed E-state index contributed by atoms with van der Waals surface area (Å²) in [7, 11) is 0. The Kier molecular flexibility index (Phi) is 4.88. The fraction of sp³-hybridized carbons (Fsp3) is 0.0909. The maximum atomic E-state index is 12.5. The summed E-state index contributed by atoms with van der Waals surface area (Å²) in [4.78, 5) is 17.2. The fourth-order valence-corrected chi connectivity index (χ4v) is 3.52. The van der Waals surface area contributed by atoms with Gasteiger partial charge in [-0.3, -0.25) is 4.79 Å². The van der Waals surface area contributed by atoms with Crippen molar-refractivity contribution in [2.45, 2.75) is 6.92 Å². The van der Waals surface area contributed by atoms with Gasteiger partial charge in [-0.05, 0) is 61.5 Å². The van der Waals surface area contributed by atoms with E-state index in [1.165, 1.54) is 0 Å². The van der Waals surface area contributed by atoms with Gasteiger partial charge in [0.1, 0.15) is 5.75 Å². The highest BCUT2D eigenvalue weighted by Gasteiger charge is 2.11. The van der Waals surface area contributed by atoms with E-state index in [-0.39, 0.29) is 5.91 Å². The van der Waals surface area contributed by atoms with E-state index in [1.54, 1.807) is 12.1 Å². The molecule has 1 heterocycles. The number of nitrogen functional groups attached to an aromatic ring is 1. The van der Waals surface area contributed by atoms with E-state index in [0.29, 0.717) is 23.5 Å². The lowest BCUT2D eigenvalue weighted by molar-refractivity contribution is 0.102. The van der Waals surface area contributed by atoms with Gasteiger partial charge in [-0.1, -0.05) is 22.0 Å². The van der Waals surface area contributed by atoms with Crippen molar-refractivity contribution in [3.63, 3.8) is 0 Å². The number of hydrogen-bond acceptors (Lipinski definition) is 4. The number of halogens is 1. The number of nitrogens with zero attached hydrogens (tertiary/aromatic N) is 1. The Hall–Kier alpha value is -3.12. The third-order valence-electron chi connectivity index (χ3n) is 4.44. The number of carbonyl (C=O) groups excluding carboxylic acids is 1. The number of pyridine rings is 1. The van der Waals surface area contributed by atoms with Crippen molar-refractivity contribution in [1.29, 1.82) is 0 Å². The predicted octanol–water partition coefficient (Wildman–Crippen LogP) is 5.38. The minimum atomic E-state index is -0.184. The van der Waals surface area contributed by atoms with Crippen LogP contribution in [0.5, 0.6) is 5.75 Å². The van der Waals surface area contributed by atoms with Gasteiger partial charge in [0.05, 0.1) is 23.3 Å². The zero-order valence-corrected chi connectivity index (χ0v) is 16.8. The number of aromatic nitrogens is 1. The number of fused-ring (bicyclic) bond motifs is 2. The molecule has 0 fully saturated rings. The molecule has 0 saturated heterocycles. The maximum absolute atomic E-state index is 12.5. The molecular weight excluding hydrogens is 418 g/mol. The van der Waals surface area contributed by atoms with E-state index < -0.39 is 0 Å². The molecule has 28 heavy (non-hydrogen) atoms. The van der Waals surface area contributed by atoms with E-state index in [2.05, 4.69) is 21.2 Å². The third kappa shape index (κ3) is 3.51. The van der Waals surface area contributed by atoms with Gasteiger partial charge in [0, 0.05) is 26.5 Å². The standard InChI is InChI=1S/C22H18BrN3O2/c1-2-28-16-7-9-19-18(12-16)21(24)17-8-6-15(11-20(17)26-19)25-22(27)13-4-3-5-14(23)10-13/h3-12H,2H2,1H3,(H2,24,26)(H,25,27). The van der Waals surface area contributed by atoms with Crippen molar-refractivity contribution in [3.8, 4) is 5.75 Å². The lowest BCUT2D eigenvalue weighted by Crippen LogP contribution is -2.11. The molecule has 4 rings (SSSR count). The summed E-state index contributed by atoms with van der Waals surface area (Å²) in [5.41, 5.74) is 9.77. The van der Waals surface area contributed by atoms with Crippen LogP contribution in [0.1, 0.15) is 17.3 Å². The average molecular weight is 436 g/mol. The van der Waals surface area contributed by atoms with E-state index in [1.807, 2.05) is 55.5 Å². The summed E-state index contributed by atoms with van der Waals surface area (Å²) < 4.78 is 6.41. The summed E-state index contributed by atoms with van der Waals surface area (Å²) in [6.45, 7) is 2.53. The molecule has 1 aromatic heterocycles. The molecule has 6 heteroatoms. The Morgan fingerprint density at radius 2 is 1.93 bits per heavy atom. The van der Waals surface area contributed by atoms with Crippen molar-refractivity contribution in [3.05, 3.63) is 70.7 Å². The first kappa shape index (κ1) is 18.3. The topological polar surface area (TPSA) is 77.2 Å². The molecule has 3 N–H and O–H groups in total. The quantitative estimate of drug-likeness (QED) is 0.421. The Morgan fingerprint density at radius 3 is 2.71 bits per heavy atom. The summed E-state index contributed by atoms with van der Waals surface area (Å²) >= 11 is 3.38. The lowest BCUT2D eigenvalue weighted by Gasteiger charge is -2.11. The van der Waals surface area contributed by atoms with Crippen molar-refractivity contribution in [2.75, 3.05) is 17.7 Å². The zero-order valence-electron chi connectivity index (χ0n) is 15.2. The molecule has 0 aliphatic carbocycles. The second kappa shape index (κ2) is 7.48. The van der Waals surface area contributed by atoms with Gasteiger partial charge in [0.15, 0.2) is 0 Å². The molecule has 0 aliphatic heterocycles. The smallest absolute Gasteiger partial charge is 0.255 e. The van der Waals surface area contributed by atoms with Gasteiger partial charge < -0.3 is 15.8 Å². The van der Waals surface area contributed by atoms with Crippen molar-refractivity contribution < 1.29 is 9.53 Å². The number of rotatable bonds is 4. The minimum Gasteiger partial charge on any atom is -0.494 e. The van der Waals surface area contributed by atoms with Crippen LogP contribution >= 0.6 is 15.9 Å². The zero-order chi connectivity index (χ0) is 19.7. The molecule has 3 aromatic carbocycles. The first-order valence-electron chi connectivity index (χ1n) is 8.88. The molecule has 1 amide bonds. The van der Waals surface area contributed by atoms with Crippen LogP contribution in [-0.4, -0.2) is 17.5 Å². The van der Waals surface area contributed by atoms with Crippen molar-refractivity contribution in [1.82, 2.24) is 4.98 Å². The first-order valence-corrected chi connectivity index (χ1v) is 9.67. The molecule has 0 bridgehead atoms. The summed E-state index contributed by atoms with van der Waals surface area (Å²) in [5.74, 6) is 0.580. The second-order valence-electron chi connectivity index (χ2n) is 6.33. The van der Waals surface area contributed by atoms with Crippen LogP contribution in [0.15, 0.2) is 65.1 Å². The highest BCUT2D eigenvalue weighted by Crippen LogP contribution is 2.32. The number of nitrogens with one attached hydrogen (secondary N) is 1. The Labute approximate surface area is 170 Å². The normalized spacial score (nSPS) is 10.9. The number of carbonyl (C=O) groups is 1. The average Bonchev–Trinajstić information content (AvgIpc) is 2.69. The summed E-state index contributed by atoms with van der Waals surface area (Å²) in [5, 5.41) is 4.60. The van der Waals surface area contributed by atoms with E-state index in [4.69, 9.17) is 15.5 Å². The van der Waals surface area contributed by atoms with E-state index >= 15 is 0 Å². The first-order chi connectivity index (χ1) is 13.5. The third-order valence-corrected chi connectivity index (χ3v) is 4.94. The Bertz CT molecular complexity index is 1210. The largest absolute Gasteiger partial charge is 0.494 e. The van der Waals surface area contributed by atoms with Gasteiger partial charge in [0.2, 0.25) is 0 Å². The molecule has 0 aliphatic rings. The van der Waals surface area contributed by atoms with Crippen LogP contribution in [0, 0.1) is 0 Å². The number of hydrogen-bond donors (Lipinski definition) is 2. The molecule has 0 radical (unpaired) electrons. The SMILES string of the molecule is CCOc1ccc2nc3cc(NC(=O)c4cccc(Br)c4)ccc3c(N)c2c1. The van der Waals surface area contributed by atoms with E-state index in [0.717, 1.165) is 32.0 Å². The number of nitrogens with two attached hydrogens (primary N) is 1. The van der Waals surface area contributed by atoms with Crippen LogP contribution in [0.4, 0.5) is 11.4 Å². The highest BCUT2D eigenvalue weighted by molar-refractivity contribution is 9.10. The van der Waals surface area contributed by atoms with Crippen LogP contribution in [0.3, 0.4) is 0 Å². The van der Waals surface area contributed by atoms with Crippen LogP contribution in [0.25, 0.3) is 21.8 Å². The molecule has 0 unspecified atom stereocenters.